The number of carbonyl (C=O) groups excluding carboxylic acids is 3. The molecule has 0 fully saturated rings. The van der Waals surface area contributed by atoms with E-state index in [1.54, 1.807) is 12.1 Å². The first-order valence-electron chi connectivity index (χ1n) is 6.87. The molecule has 0 aromatic carbocycles. The van der Waals surface area contributed by atoms with Crippen molar-refractivity contribution in [2.45, 2.75) is 6.92 Å². The first-order chi connectivity index (χ1) is 11.9. The van der Waals surface area contributed by atoms with E-state index in [2.05, 4.69) is 5.32 Å². The molecule has 0 aliphatic rings. The predicted molar refractivity (Wildman–Crippen MR) is 95.5 cm³/mol. The van der Waals surface area contributed by atoms with Gasteiger partial charge in [-0.3, -0.25) is 9.59 Å². The van der Waals surface area contributed by atoms with Crippen molar-refractivity contribution in [2.24, 2.45) is 5.73 Å². The Morgan fingerprint density at radius 1 is 1.40 bits per heavy atom. The number of nitriles is 1. The molecule has 0 unspecified atom stereocenters. The molecule has 3 N–H and O–H groups in total. The van der Waals surface area contributed by atoms with Crippen LogP contribution in [0.3, 0.4) is 0 Å². The number of hydrogen-bond donors (Lipinski definition) is 2. The molecule has 2 rings (SSSR count). The zero-order valence-electron chi connectivity index (χ0n) is 13.3. The lowest BCUT2D eigenvalue weighted by Crippen LogP contribution is -2.15. The van der Waals surface area contributed by atoms with Crippen LogP contribution in [-0.2, 0) is 9.53 Å². The van der Waals surface area contributed by atoms with Crippen molar-refractivity contribution in [2.75, 3.05) is 12.4 Å². The summed E-state index contributed by atoms with van der Waals surface area (Å²) in [5.74, 6) is -2.13. The summed E-state index contributed by atoms with van der Waals surface area (Å²) in [6.07, 6.45) is 1.44. The lowest BCUT2D eigenvalue weighted by Gasteiger charge is -2.05. The Balaban J connectivity index is 2.40. The molecule has 9 heteroatoms. The highest BCUT2D eigenvalue weighted by Crippen LogP contribution is 2.33. The highest BCUT2D eigenvalue weighted by molar-refractivity contribution is 7.18. The highest BCUT2D eigenvalue weighted by Gasteiger charge is 2.26. The van der Waals surface area contributed by atoms with Gasteiger partial charge in [0.15, 0.2) is 0 Å². The molecule has 2 heterocycles. The molecule has 0 saturated heterocycles. The van der Waals surface area contributed by atoms with Gasteiger partial charge in [0.25, 0.3) is 11.8 Å². The van der Waals surface area contributed by atoms with Gasteiger partial charge in [0, 0.05) is 4.88 Å². The third-order valence-electron chi connectivity index (χ3n) is 3.18. The Labute approximate surface area is 151 Å². The third kappa shape index (κ3) is 3.93. The van der Waals surface area contributed by atoms with Crippen LogP contribution in [0.2, 0.25) is 0 Å². The number of anilines is 1. The van der Waals surface area contributed by atoms with Gasteiger partial charge in [-0.1, -0.05) is 6.07 Å². The molecule has 0 spiro atoms. The van der Waals surface area contributed by atoms with E-state index in [0.29, 0.717) is 5.56 Å². The van der Waals surface area contributed by atoms with Crippen molar-refractivity contribution in [3.8, 4) is 6.07 Å². The number of hydrogen-bond acceptors (Lipinski definition) is 7. The Morgan fingerprint density at radius 3 is 2.64 bits per heavy atom. The number of methoxy groups -OCH3 is 1. The van der Waals surface area contributed by atoms with Gasteiger partial charge in [-0.2, -0.15) is 5.26 Å². The lowest BCUT2D eigenvalue weighted by molar-refractivity contribution is -0.112. The van der Waals surface area contributed by atoms with E-state index in [9.17, 15) is 19.6 Å². The molecule has 2 aromatic rings. The normalized spacial score (nSPS) is 10.8. The average Bonchev–Trinajstić information content (AvgIpc) is 3.19. The van der Waals surface area contributed by atoms with E-state index in [1.807, 2.05) is 11.4 Å². The molecule has 25 heavy (non-hydrogen) atoms. The summed E-state index contributed by atoms with van der Waals surface area (Å²) in [5.41, 5.74) is 5.52. The van der Waals surface area contributed by atoms with E-state index in [1.165, 1.54) is 31.4 Å². The van der Waals surface area contributed by atoms with Crippen LogP contribution in [0.1, 0.15) is 30.5 Å². The summed E-state index contributed by atoms with van der Waals surface area (Å²) in [4.78, 5) is 36.7. The van der Waals surface area contributed by atoms with E-state index in [4.69, 9.17) is 10.5 Å². The van der Waals surface area contributed by atoms with Gasteiger partial charge in [-0.05, 0) is 30.0 Å². The molecule has 0 saturated carbocycles. The molecule has 7 nitrogen and oxygen atoms in total. The largest absolute Gasteiger partial charge is 0.465 e. The minimum Gasteiger partial charge on any atom is -0.465 e. The van der Waals surface area contributed by atoms with Crippen molar-refractivity contribution in [3.05, 3.63) is 44.0 Å². The van der Waals surface area contributed by atoms with Crippen molar-refractivity contribution in [1.82, 2.24) is 0 Å². The van der Waals surface area contributed by atoms with Gasteiger partial charge in [-0.15, -0.1) is 22.7 Å². The molecule has 2 aromatic heterocycles. The minimum atomic E-state index is -0.720. The quantitative estimate of drug-likeness (QED) is 0.472. The van der Waals surface area contributed by atoms with Gasteiger partial charge in [0.1, 0.15) is 16.6 Å². The van der Waals surface area contributed by atoms with Gasteiger partial charge in [0.2, 0.25) is 0 Å². The van der Waals surface area contributed by atoms with E-state index in [-0.39, 0.29) is 21.0 Å². The van der Waals surface area contributed by atoms with Crippen LogP contribution in [0.15, 0.2) is 23.1 Å². The maximum Gasteiger partial charge on any atom is 0.341 e. The summed E-state index contributed by atoms with van der Waals surface area (Å²) < 4.78 is 4.69. The Morgan fingerprint density at radius 2 is 2.12 bits per heavy atom. The van der Waals surface area contributed by atoms with Crippen molar-refractivity contribution in [3.63, 3.8) is 0 Å². The molecule has 0 aliphatic carbocycles. The standard InChI is InChI=1S/C16H13N3O4S2/c1-8-11(16(22)23-2)15(25-12(8)13(18)20)19-14(21)9(7-17)6-10-4-3-5-24-10/h3-6H,1-2H3,(H2,18,20)(H,19,21)/b9-6+. The molecule has 0 radical (unpaired) electrons. The van der Waals surface area contributed by atoms with Crippen molar-refractivity contribution >= 4 is 51.5 Å². The predicted octanol–water partition coefficient (Wildman–Crippen LogP) is 2.55. The summed E-state index contributed by atoms with van der Waals surface area (Å²) in [6, 6.07) is 5.37. The third-order valence-corrected chi connectivity index (χ3v) is 5.22. The molecular formula is C16H13N3O4S2. The second-order valence-electron chi connectivity index (χ2n) is 4.76. The minimum absolute atomic E-state index is 0.0445. The fourth-order valence-electron chi connectivity index (χ4n) is 2.02. The first-order valence-corrected chi connectivity index (χ1v) is 8.56. The number of nitrogens with two attached hydrogens (primary N) is 1. The monoisotopic (exact) mass is 375 g/mol. The van der Waals surface area contributed by atoms with Crippen LogP contribution in [0.25, 0.3) is 6.08 Å². The maximum absolute atomic E-state index is 12.4. The van der Waals surface area contributed by atoms with Crippen LogP contribution >= 0.6 is 22.7 Å². The number of nitrogens with zero attached hydrogens (tertiary/aromatic N) is 1. The fourth-order valence-corrected chi connectivity index (χ4v) is 3.72. The number of ether oxygens (including phenoxy) is 1. The number of thiophene rings is 2. The second kappa shape index (κ2) is 7.74. The van der Waals surface area contributed by atoms with Crippen LogP contribution in [-0.4, -0.2) is 24.9 Å². The number of rotatable bonds is 5. The van der Waals surface area contributed by atoms with E-state index >= 15 is 0 Å². The smallest absolute Gasteiger partial charge is 0.341 e. The van der Waals surface area contributed by atoms with Crippen LogP contribution in [0.5, 0.6) is 0 Å². The summed E-state index contributed by atoms with van der Waals surface area (Å²) in [6.45, 7) is 1.53. The van der Waals surface area contributed by atoms with E-state index in [0.717, 1.165) is 16.2 Å². The number of nitrogens with one attached hydrogen (secondary N) is 1. The SMILES string of the molecule is COC(=O)c1c(NC(=O)/C(C#N)=C/c2cccs2)sc(C(N)=O)c1C. The number of carbonyl (C=O) groups is 3. The van der Waals surface area contributed by atoms with Gasteiger partial charge in [0.05, 0.1) is 17.6 Å². The lowest BCUT2D eigenvalue weighted by atomic mass is 10.1. The molecule has 0 bridgehead atoms. The van der Waals surface area contributed by atoms with Crippen LogP contribution < -0.4 is 11.1 Å². The second-order valence-corrected chi connectivity index (χ2v) is 6.76. The van der Waals surface area contributed by atoms with Gasteiger partial charge in [-0.25, -0.2) is 4.79 Å². The fraction of sp³-hybridized carbons (Fsp3) is 0.125. The molecule has 128 valence electrons. The Hall–Kier alpha value is -2.96. The zero-order chi connectivity index (χ0) is 18.6. The number of amides is 2. The van der Waals surface area contributed by atoms with Crippen molar-refractivity contribution < 1.29 is 19.1 Å². The first kappa shape index (κ1) is 18.4. The molecule has 2 amide bonds. The molecular weight excluding hydrogens is 362 g/mol. The zero-order valence-corrected chi connectivity index (χ0v) is 14.9. The van der Waals surface area contributed by atoms with Gasteiger partial charge >= 0.3 is 5.97 Å². The topological polar surface area (TPSA) is 122 Å². The molecule has 0 aliphatic heterocycles. The number of primary amides is 1. The van der Waals surface area contributed by atoms with Crippen LogP contribution in [0, 0.1) is 18.3 Å². The number of esters is 1. The van der Waals surface area contributed by atoms with Crippen molar-refractivity contribution in [1.29, 1.82) is 5.26 Å². The van der Waals surface area contributed by atoms with Crippen LogP contribution in [0.4, 0.5) is 5.00 Å². The maximum atomic E-state index is 12.4. The average molecular weight is 375 g/mol. The molecule has 0 atom stereocenters. The highest BCUT2D eigenvalue weighted by atomic mass is 32.1. The van der Waals surface area contributed by atoms with E-state index < -0.39 is 17.8 Å². The Bertz CT molecular complexity index is 905. The summed E-state index contributed by atoms with van der Waals surface area (Å²) in [5, 5.41) is 13.6. The summed E-state index contributed by atoms with van der Waals surface area (Å²) >= 11 is 2.23. The Kier molecular flexibility index (Phi) is 5.69. The summed E-state index contributed by atoms with van der Waals surface area (Å²) in [7, 11) is 1.19. The van der Waals surface area contributed by atoms with Gasteiger partial charge < -0.3 is 15.8 Å².